The van der Waals surface area contributed by atoms with Crippen molar-refractivity contribution in [2.75, 3.05) is 17.7 Å². The van der Waals surface area contributed by atoms with Crippen molar-refractivity contribution in [1.82, 2.24) is 25.0 Å². The first-order chi connectivity index (χ1) is 20.2. The Bertz CT molecular complexity index is 1850. The third kappa shape index (κ3) is 5.17. The van der Waals surface area contributed by atoms with Gasteiger partial charge in [-0.2, -0.15) is 14.9 Å². The number of pyridine rings is 1. The van der Waals surface area contributed by atoms with Crippen molar-refractivity contribution in [2.45, 2.75) is 31.4 Å². The number of rotatable bonds is 8. The molecule has 0 unspecified atom stereocenters. The number of ether oxygens (including phenoxy) is 2. The summed E-state index contributed by atoms with van der Waals surface area (Å²) in [5.74, 6) is -1.23. The largest absolute Gasteiger partial charge is 0.453 e. The second-order valence-corrected chi connectivity index (χ2v) is 10.2. The zero-order valence-corrected chi connectivity index (χ0v) is 22.5. The molecule has 214 valence electrons. The van der Waals surface area contributed by atoms with Gasteiger partial charge in [0.15, 0.2) is 23.0 Å². The number of benzene rings is 2. The number of hydrogen-bond donors (Lipinski definition) is 3. The fourth-order valence-electron chi connectivity index (χ4n) is 4.93. The number of carbonyl (C=O) groups is 1. The molecule has 2 aromatic carbocycles. The van der Waals surface area contributed by atoms with E-state index in [1.165, 1.54) is 54.9 Å². The van der Waals surface area contributed by atoms with Crippen LogP contribution in [0.3, 0.4) is 0 Å². The molecule has 1 aliphatic carbocycles. The van der Waals surface area contributed by atoms with Gasteiger partial charge >= 0.3 is 0 Å². The van der Waals surface area contributed by atoms with Crippen LogP contribution in [0.5, 0.6) is 11.5 Å². The van der Waals surface area contributed by atoms with Gasteiger partial charge in [-0.3, -0.25) is 14.7 Å². The molecule has 3 N–H and O–H groups in total. The number of nitrogens with zero attached hydrogens (tertiary/aromatic N) is 4. The highest BCUT2D eigenvalue weighted by atomic mass is 19.1. The van der Waals surface area contributed by atoms with Crippen molar-refractivity contribution in [2.24, 2.45) is 0 Å². The molecule has 0 saturated heterocycles. The van der Waals surface area contributed by atoms with Gasteiger partial charge in [-0.25, -0.2) is 13.8 Å². The summed E-state index contributed by atoms with van der Waals surface area (Å²) in [4.78, 5) is 30.1. The van der Waals surface area contributed by atoms with Crippen molar-refractivity contribution in [3.05, 3.63) is 94.5 Å². The topological polar surface area (TPSA) is 136 Å². The Hall–Kier alpha value is -5.17. The van der Waals surface area contributed by atoms with Crippen LogP contribution in [0.25, 0.3) is 16.7 Å². The second kappa shape index (κ2) is 10.7. The Morgan fingerprint density at radius 1 is 1.07 bits per heavy atom. The molecule has 0 spiro atoms. The lowest BCUT2D eigenvalue weighted by atomic mass is 9.76. The summed E-state index contributed by atoms with van der Waals surface area (Å²) in [7, 11) is 1.68. The number of hydrogen-bond acceptors (Lipinski definition) is 8. The predicted octanol–water partition coefficient (Wildman–Crippen LogP) is 4.81. The van der Waals surface area contributed by atoms with E-state index in [1.807, 2.05) is 0 Å². The summed E-state index contributed by atoms with van der Waals surface area (Å²) < 4.78 is 40.8. The maximum atomic E-state index is 15.2. The third-order valence-corrected chi connectivity index (χ3v) is 7.10. The minimum atomic E-state index is -0.767. The second-order valence-electron chi connectivity index (χ2n) is 10.2. The van der Waals surface area contributed by atoms with Gasteiger partial charge in [-0.15, -0.1) is 0 Å². The lowest BCUT2D eigenvalue weighted by molar-refractivity contribution is 0.000861. The molecule has 0 atom stereocenters. The van der Waals surface area contributed by atoms with E-state index in [2.05, 4.69) is 37.8 Å². The molecule has 0 aliphatic heterocycles. The number of amides is 1. The quantitative estimate of drug-likeness (QED) is 0.241. The molecule has 1 aliphatic rings. The van der Waals surface area contributed by atoms with E-state index in [0.29, 0.717) is 22.6 Å². The first-order valence-electron chi connectivity index (χ1n) is 13.0. The van der Waals surface area contributed by atoms with Crippen LogP contribution in [0, 0.1) is 11.6 Å². The summed E-state index contributed by atoms with van der Waals surface area (Å²) in [6, 6.07) is 11.8. The lowest BCUT2D eigenvalue weighted by Crippen LogP contribution is -2.51. The minimum Gasteiger partial charge on any atom is -0.453 e. The molecular formula is C29H25F2N7O4. The van der Waals surface area contributed by atoms with Gasteiger partial charge in [0.1, 0.15) is 22.5 Å². The Kier molecular flexibility index (Phi) is 6.86. The molecule has 6 rings (SSSR count). The average Bonchev–Trinajstić information content (AvgIpc) is 3.37. The van der Waals surface area contributed by atoms with Crippen molar-refractivity contribution >= 4 is 28.4 Å². The van der Waals surface area contributed by atoms with Gasteiger partial charge in [0.05, 0.1) is 11.8 Å². The monoisotopic (exact) mass is 573 g/mol. The minimum absolute atomic E-state index is 0.0930. The SMILES string of the molecule is COC1CC(C)(Nc2n[nH]c3nccc(Oc4ccc(NC(=O)c5ccnn(-c6ccc(F)cc6)c5=O)cc4F)c23)C1. The van der Waals surface area contributed by atoms with Crippen LogP contribution in [0.4, 0.5) is 20.3 Å². The molecule has 5 aromatic rings. The molecule has 1 saturated carbocycles. The van der Waals surface area contributed by atoms with E-state index in [4.69, 9.17) is 9.47 Å². The highest BCUT2D eigenvalue weighted by molar-refractivity contribution is 6.04. The third-order valence-electron chi connectivity index (χ3n) is 7.10. The van der Waals surface area contributed by atoms with Gasteiger partial charge in [-0.05, 0) is 62.2 Å². The van der Waals surface area contributed by atoms with Crippen molar-refractivity contribution in [3.8, 4) is 17.2 Å². The Morgan fingerprint density at radius 2 is 1.86 bits per heavy atom. The van der Waals surface area contributed by atoms with Crippen LogP contribution < -0.4 is 20.9 Å². The Morgan fingerprint density at radius 3 is 2.60 bits per heavy atom. The number of carbonyl (C=O) groups excluding carboxylic acids is 1. The number of anilines is 2. The highest BCUT2D eigenvalue weighted by Crippen LogP contribution is 2.40. The first-order valence-corrected chi connectivity index (χ1v) is 13.0. The Balaban J connectivity index is 1.20. The van der Waals surface area contributed by atoms with Gasteiger partial charge in [0.25, 0.3) is 11.5 Å². The van der Waals surface area contributed by atoms with Gasteiger partial charge in [-0.1, -0.05) is 0 Å². The summed E-state index contributed by atoms with van der Waals surface area (Å²) in [6.07, 6.45) is 4.56. The van der Waals surface area contributed by atoms with Gasteiger partial charge in [0, 0.05) is 42.9 Å². The highest BCUT2D eigenvalue weighted by Gasteiger charge is 2.41. The number of H-pyrrole nitrogens is 1. The normalized spacial score (nSPS) is 18.0. The van der Waals surface area contributed by atoms with E-state index >= 15 is 4.39 Å². The molecule has 3 heterocycles. The molecule has 1 amide bonds. The zero-order chi connectivity index (χ0) is 29.4. The van der Waals surface area contributed by atoms with Crippen LogP contribution in [0.15, 0.2) is 71.8 Å². The fourth-order valence-corrected chi connectivity index (χ4v) is 4.93. The molecule has 0 radical (unpaired) electrons. The maximum absolute atomic E-state index is 15.2. The van der Waals surface area contributed by atoms with Crippen LogP contribution in [-0.4, -0.2) is 49.6 Å². The van der Waals surface area contributed by atoms with E-state index in [0.717, 1.165) is 23.6 Å². The maximum Gasteiger partial charge on any atom is 0.284 e. The molecule has 1 fully saturated rings. The van der Waals surface area contributed by atoms with Crippen LogP contribution >= 0.6 is 0 Å². The van der Waals surface area contributed by atoms with Gasteiger partial charge < -0.3 is 20.1 Å². The van der Waals surface area contributed by atoms with E-state index < -0.39 is 23.1 Å². The fraction of sp³-hybridized carbons (Fsp3) is 0.207. The standard InChI is InChI=1S/C29H25F2N7O4/c1-29(14-19(15-29)41-2)35-26-24-23(10-11-32-25(24)36-37-26)42-22-8-5-17(13-21(22)31)34-27(39)20-9-12-33-38(28(20)40)18-6-3-16(30)4-7-18/h3-13,19H,14-15H2,1-2H3,(H,34,39)(H2,32,35,36,37). The molecule has 13 heteroatoms. The lowest BCUT2D eigenvalue weighted by Gasteiger charge is -2.45. The predicted molar refractivity (Wildman–Crippen MR) is 150 cm³/mol. The van der Waals surface area contributed by atoms with Crippen LogP contribution in [-0.2, 0) is 4.74 Å². The van der Waals surface area contributed by atoms with E-state index in [1.54, 1.807) is 13.2 Å². The number of aromatic nitrogens is 5. The number of halogens is 2. The number of nitrogens with one attached hydrogen (secondary N) is 3. The number of fused-ring (bicyclic) bond motifs is 1. The molecule has 11 nitrogen and oxygen atoms in total. The van der Waals surface area contributed by atoms with Gasteiger partial charge in [0.2, 0.25) is 0 Å². The summed E-state index contributed by atoms with van der Waals surface area (Å²) in [5, 5.41) is 17.7. The average molecular weight is 574 g/mol. The summed E-state index contributed by atoms with van der Waals surface area (Å²) >= 11 is 0. The van der Waals surface area contributed by atoms with Crippen LogP contribution in [0.2, 0.25) is 0 Å². The first kappa shape index (κ1) is 27.0. The Labute approximate surface area is 237 Å². The molecule has 0 bridgehead atoms. The number of methoxy groups -OCH3 is 1. The molecular weight excluding hydrogens is 548 g/mol. The van der Waals surface area contributed by atoms with Crippen molar-refractivity contribution < 1.29 is 23.0 Å². The molecule has 3 aromatic heterocycles. The van der Waals surface area contributed by atoms with Crippen molar-refractivity contribution in [1.29, 1.82) is 0 Å². The number of aromatic amines is 1. The summed E-state index contributed by atoms with van der Waals surface area (Å²) in [6.45, 7) is 2.07. The molecule has 42 heavy (non-hydrogen) atoms. The van der Waals surface area contributed by atoms with E-state index in [-0.39, 0.29) is 34.3 Å². The van der Waals surface area contributed by atoms with Crippen LogP contribution in [0.1, 0.15) is 30.1 Å². The van der Waals surface area contributed by atoms with E-state index in [9.17, 15) is 14.0 Å². The smallest absolute Gasteiger partial charge is 0.284 e. The summed E-state index contributed by atoms with van der Waals surface area (Å²) in [5.41, 5.74) is -0.323. The zero-order valence-electron chi connectivity index (χ0n) is 22.5. The van der Waals surface area contributed by atoms with Crippen molar-refractivity contribution in [3.63, 3.8) is 0 Å².